The molecule has 2 unspecified atom stereocenters. The summed E-state index contributed by atoms with van der Waals surface area (Å²) in [5.74, 6) is 0.145. The van der Waals surface area contributed by atoms with Gasteiger partial charge in [-0.2, -0.15) is 0 Å². The fraction of sp³-hybridized carbons (Fsp3) is 0.471. The van der Waals surface area contributed by atoms with Crippen LogP contribution in [0, 0.1) is 5.92 Å². The molecule has 1 aromatic carbocycles. The van der Waals surface area contributed by atoms with E-state index in [9.17, 15) is 4.79 Å². The van der Waals surface area contributed by atoms with Gasteiger partial charge in [0.15, 0.2) is 0 Å². The Hall–Kier alpha value is -1.95. The Morgan fingerprint density at radius 2 is 2.00 bits per heavy atom. The van der Waals surface area contributed by atoms with Crippen molar-refractivity contribution in [3.63, 3.8) is 0 Å². The first-order valence-corrected chi connectivity index (χ1v) is 8.92. The third kappa shape index (κ3) is 4.07. The van der Waals surface area contributed by atoms with Crippen molar-refractivity contribution in [2.75, 3.05) is 12.4 Å². The van der Waals surface area contributed by atoms with Crippen LogP contribution in [0.1, 0.15) is 36.3 Å². The average Bonchev–Trinajstić information content (AvgIpc) is 3.02. The molecule has 1 aliphatic carbocycles. The van der Waals surface area contributed by atoms with Gasteiger partial charge in [0, 0.05) is 19.5 Å². The molecule has 23 heavy (non-hydrogen) atoms. The fourth-order valence-corrected chi connectivity index (χ4v) is 3.95. The van der Waals surface area contributed by atoms with E-state index in [1.54, 1.807) is 18.4 Å². The first-order chi connectivity index (χ1) is 11.3. The molecule has 122 valence electrons. The van der Waals surface area contributed by atoms with E-state index < -0.39 is 0 Å². The van der Waals surface area contributed by atoms with Gasteiger partial charge in [0.05, 0.1) is 5.92 Å². The molecule has 0 radical (unpaired) electrons. The van der Waals surface area contributed by atoms with E-state index in [2.05, 4.69) is 33.0 Å². The van der Waals surface area contributed by atoms with E-state index in [0.29, 0.717) is 0 Å². The van der Waals surface area contributed by atoms with Gasteiger partial charge in [0.25, 0.3) is 0 Å². The van der Waals surface area contributed by atoms with Crippen molar-refractivity contribution in [3.05, 3.63) is 40.9 Å². The van der Waals surface area contributed by atoms with Crippen LogP contribution in [-0.2, 0) is 11.2 Å². The average molecular weight is 330 g/mol. The number of benzene rings is 1. The van der Waals surface area contributed by atoms with E-state index in [-0.39, 0.29) is 17.9 Å². The summed E-state index contributed by atoms with van der Waals surface area (Å²) in [7, 11) is 1.71. The molecule has 2 aromatic rings. The predicted octanol–water partition coefficient (Wildman–Crippen LogP) is 2.85. The molecule has 3 rings (SSSR count). The van der Waals surface area contributed by atoms with E-state index in [0.717, 1.165) is 42.2 Å². The predicted molar refractivity (Wildman–Crippen MR) is 92.6 cm³/mol. The summed E-state index contributed by atoms with van der Waals surface area (Å²) < 4.78 is 0. The lowest BCUT2D eigenvalue weighted by Gasteiger charge is -2.30. The van der Waals surface area contributed by atoms with Crippen LogP contribution in [0.25, 0.3) is 0 Å². The second kappa shape index (κ2) is 7.55. The van der Waals surface area contributed by atoms with Crippen LogP contribution in [0.2, 0.25) is 0 Å². The van der Waals surface area contributed by atoms with Crippen LogP contribution in [0.4, 0.5) is 5.13 Å². The van der Waals surface area contributed by atoms with Crippen molar-refractivity contribution in [2.24, 2.45) is 5.92 Å². The highest BCUT2D eigenvalue weighted by molar-refractivity contribution is 7.15. The summed E-state index contributed by atoms with van der Waals surface area (Å²) in [6, 6.07) is 10.4. The first-order valence-electron chi connectivity index (χ1n) is 8.10. The van der Waals surface area contributed by atoms with E-state index in [4.69, 9.17) is 0 Å². The van der Waals surface area contributed by atoms with Crippen LogP contribution in [0.3, 0.4) is 0 Å². The number of nitrogens with one attached hydrogen (secondary N) is 2. The lowest BCUT2D eigenvalue weighted by Crippen LogP contribution is -2.41. The number of aromatic nitrogens is 2. The van der Waals surface area contributed by atoms with Crippen molar-refractivity contribution < 1.29 is 4.79 Å². The van der Waals surface area contributed by atoms with Gasteiger partial charge in [-0.25, -0.2) is 0 Å². The molecule has 0 saturated heterocycles. The zero-order chi connectivity index (χ0) is 16.1. The number of nitrogens with zero attached hydrogens (tertiary/aromatic N) is 2. The van der Waals surface area contributed by atoms with E-state index in [1.165, 1.54) is 5.56 Å². The summed E-state index contributed by atoms with van der Waals surface area (Å²) >= 11 is 1.58. The number of anilines is 1. The Balaban J connectivity index is 1.64. The van der Waals surface area contributed by atoms with Crippen LogP contribution in [0.5, 0.6) is 0 Å². The third-order valence-corrected chi connectivity index (χ3v) is 5.18. The molecule has 1 heterocycles. The second-order valence-corrected chi connectivity index (χ2v) is 6.98. The minimum absolute atomic E-state index is 0.0234. The molecule has 2 atom stereocenters. The van der Waals surface area contributed by atoms with Gasteiger partial charge in [0.1, 0.15) is 5.01 Å². The molecule has 1 aromatic heterocycles. The molecule has 0 aliphatic heterocycles. The molecule has 6 heteroatoms. The highest BCUT2D eigenvalue weighted by Crippen LogP contribution is 2.29. The van der Waals surface area contributed by atoms with Gasteiger partial charge >= 0.3 is 0 Å². The first kappa shape index (κ1) is 15.9. The lowest BCUT2D eigenvalue weighted by molar-refractivity contribution is -0.125. The summed E-state index contributed by atoms with van der Waals surface area (Å²) in [5, 5.41) is 16.5. The lowest BCUT2D eigenvalue weighted by atomic mass is 9.84. The molecule has 1 fully saturated rings. The number of amides is 1. The SMILES string of the molecule is CNC(=O)C1CCCCC1Nc1nnc(Cc2ccccc2)s1. The highest BCUT2D eigenvalue weighted by Gasteiger charge is 2.30. The summed E-state index contributed by atoms with van der Waals surface area (Å²) in [5.41, 5.74) is 1.23. The number of hydrogen-bond donors (Lipinski definition) is 2. The second-order valence-electron chi connectivity index (χ2n) is 5.92. The number of carbonyl (C=O) groups is 1. The van der Waals surface area contributed by atoms with Gasteiger partial charge in [-0.15, -0.1) is 10.2 Å². The Kier molecular flexibility index (Phi) is 5.23. The van der Waals surface area contributed by atoms with Gasteiger partial charge in [-0.3, -0.25) is 4.79 Å². The minimum Gasteiger partial charge on any atom is -0.359 e. The third-order valence-electron chi connectivity index (χ3n) is 4.32. The van der Waals surface area contributed by atoms with Crippen molar-refractivity contribution in [1.29, 1.82) is 0 Å². The molecule has 2 N–H and O–H groups in total. The van der Waals surface area contributed by atoms with Gasteiger partial charge in [-0.05, 0) is 18.4 Å². The molecule has 1 aliphatic rings. The Morgan fingerprint density at radius 3 is 2.78 bits per heavy atom. The van der Waals surface area contributed by atoms with Crippen LogP contribution < -0.4 is 10.6 Å². The normalized spacial score (nSPS) is 20.9. The Labute approximate surface area is 140 Å². The number of hydrogen-bond acceptors (Lipinski definition) is 5. The largest absolute Gasteiger partial charge is 0.359 e. The molecule has 0 bridgehead atoms. The molecular weight excluding hydrogens is 308 g/mol. The maximum absolute atomic E-state index is 12.0. The van der Waals surface area contributed by atoms with Gasteiger partial charge in [0.2, 0.25) is 11.0 Å². The number of rotatable bonds is 5. The zero-order valence-electron chi connectivity index (χ0n) is 13.3. The molecular formula is C17H22N4OS. The monoisotopic (exact) mass is 330 g/mol. The van der Waals surface area contributed by atoms with Crippen molar-refractivity contribution in [3.8, 4) is 0 Å². The van der Waals surface area contributed by atoms with Crippen LogP contribution >= 0.6 is 11.3 Å². The van der Waals surface area contributed by atoms with Crippen LogP contribution in [0.15, 0.2) is 30.3 Å². The smallest absolute Gasteiger partial charge is 0.224 e. The molecule has 1 amide bonds. The van der Waals surface area contributed by atoms with Crippen molar-refractivity contribution in [1.82, 2.24) is 15.5 Å². The summed E-state index contributed by atoms with van der Waals surface area (Å²) in [6.45, 7) is 0. The zero-order valence-corrected chi connectivity index (χ0v) is 14.1. The van der Waals surface area contributed by atoms with E-state index in [1.807, 2.05) is 18.2 Å². The topological polar surface area (TPSA) is 66.9 Å². The molecule has 5 nitrogen and oxygen atoms in total. The van der Waals surface area contributed by atoms with Crippen LogP contribution in [-0.4, -0.2) is 29.2 Å². The summed E-state index contributed by atoms with van der Waals surface area (Å²) in [6.07, 6.45) is 5.01. The fourth-order valence-electron chi connectivity index (χ4n) is 3.12. The van der Waals surface area contributed by atoms with Crippen molar-refractivity contribution in [2.45, 2.75) is 38.1 Å². The number of carbonyl (C=O) groups excluding carboxylic acids is 1. The highest BCUT2D eigenvalue weighted by atomic mass is 32.1. The molecule has 1 saturated carbocycles. The van der Waals surface area contributed by atoms with Gasteiger partial charge < -0.3 is 10.6 Å². The maximum Gasteiger partial charge on any atom is 0.224 e. The quantitative estimate of drug-likeness (QED) is 0.885. The van der Waals surface area contributed by atoms with E-state index >= 15 is 0 Å². The molecule has 0 spiro atoms. The summed E-state index contributed by atoms with van der Waals surface area (Å²) in [4.78, 5) is 12.0. The maximum atomic E-state index is 12.0. The Morgan fingerprint density at radius 1 is 1.22 bits per heavy atom. The standard InChI is InChI=1S/C17H22N4OS/c1-18-16(22)13-9-5-6-10-14(13)19-17-21-20-15(23-17)11-12-7-3-2-4-8-12/h2-4,7-8,13-14H,5-6,9-11H2,1H3,(H,18,22)(H,19,21). The minimum atomic E-state index is 0.0234. The van der Waals surface area contributed by atoms with Crippen molar-refractivity contribution >= 4 is 22.4 Å². The van der Waals surface area contributed by atoms with Gasteiger partial charge in [-0.1, -0.05) is 54.5 Å². The Bertz CT molecular complexity index is 643.